The van der Waals surface area contributed by atoms with Crippen LogP contribution in [0.3, 0.4) is 0 Å². The van der Waals surface area contributed by atoms with Gasteiger partial charge in [0.1, 0.15) is 5.58 Å². The highest BCUT2D eigenvalue weighted by Gasteiger charge is 2.52. The maximum Gasteiger partial charge on any atom is 0.159 e. The van der Waals surface area contributed by atoms with Gasteiger partial charge in [0.05, 0.1) is 27.8 Å². The van der Waals surface area contributed by atoms with Crippen LogP contribution in [-0.4, -0.2) is 4.57 Å². The van der Waals surface area contributed by atoms with Gasteiger partial charge in [0, 0.05) is 33.1 Å². The van der Waals surface area contributed by atoms with E-state index in [9.17, 15) is 0 Å². The van der Waals surface area contributed by atoms with Crippen LogP contribution in [0.4, 0.5) is 5.69 Å². The zero-order chi connectivity index (χ0) is 43.2. The first-order valence-electron chi connectivity index (χ1n) is 23.3. The van der Waals surface area contributed by atoms with Gasteiger partial charge in [-0.25, -0.2) is 0 Å². The number of hydrogen-bond donors (Lipinski definition) is 0. The molecule has 0 N–H and O–H groups in total. The molecule has 0 saturated heterocycles. The van der Waals surface area contributed by atoms with Crippen molar-refractivity contribution in [1.29, 1.82) is 0 Å². The first kappa shape index (κ1) is 37.9. The third-order valence-electron chi connectivity index (χ3n) is 14.9. The maximum atomic E-state index is 6.72. The summed E-state index contributed by atoms with van der Waals surface area (Å²) in [6, 6.07) is 52.0. The van der Waals surface area contributed by atoms with Crippen LogP contribution < -0.4 is 4.90 Å². The van der Waals surface area contributed by atoms with Crippen molar-refractivity contribution in [2.24, 2.45) is 0 Å². The Kier molecular flexibility index (Phi) is 8.58. The largest absolute Gasteiger partial charge is 0.454 e. The molecule has 2 aromatic heterocycles. The smallest absolute Gasteiger partial charge is 0.159 e. The van der Waals surface area contributed by atoms with Crippen molar-refractivity contribution < 1.29 is 4.42 Å². The molecule has 0 amide bonds. The molecule has 3 heterocycles. The van der Waals surface area contributed by atoms with Crippen LogP contribution in [0.2, 0.25) is 0 Å². The first-order valence-corrected chi connectivity index (χ1v) is 23.3. The predicted octanol–water partition coefficient (Wildman–Crippen LogP) is 16.2. The van der Waals surface area contributed by atoms with Crippen LogP contribution >= 0.6 is 0 Å². The number of benzene rings is 6. The third kappa shape index (κ3) is 5.42. The zero-order valence-corrected chi connectivity index (χ0v) is 36.7. The van der Waals surface area contributed by atoms with Crippen molar-refractivity contribution in [3.05, 3.63) is 250 Å². The summed E-state index contributed by atoms with van der Waals surface area (Å²) in [6.07, 6.45) is 24.3. The van der Waals surface area contributed by atoms with Gasteiger partial charge in [-0.1, -0.05) is 158 Å². The molecule has 0 saturated carbocycles. The van der Waals surface area contributed by atoms with E-state index >= 15 is 0 Å². The number of aromatic nitrogens is 1. The lowest BCUT2D eigenvalue weighted by Crippen LogP contribution is -2.34. The van der Waals surface area contributed by atoms with E-state index in [2.05, 4.69) is 199 Å². The number of nitrogens with zero attached hydrogens (tertiary/aromatic N) is 2. The maximum absolute atomic E-state index is 6.72. The minimum atomic E-state index is -0.450. The Bertz CT molecular complexity index is 3570. The molecule has 312 valence electrons. The molecule has 6 aromatic carbocycles. The Labute approximate surface area is 380 Å². The van der Waals surface area contributed by atoms with E-state index in [-0.39, 0.29) is 0 Å². The van der Waals surface area contributed by atoms with Gasteiger partial charge in [-0.15, -0.1) is 0 Å². The van der Waals surface area contributed by atoms with Crippen molar-refractivity contribution in [2.75, 3.05) is 4.90 Å². The SMILES string of the molecule is C=Cc1c(/C(=C\C)N(C2=CC=C(C3=CC=CCC3)CC2)c2ccc(C3=CC4=C(CC3)c3ccccc3C43c4ccccc4-n4c5ccccc5c5cccc3c54)cc2)oc2ccccc12. The summed E-state index contributed by atoms with van der Waals surface area (Å²) in [4.78, 5) is 2.42. The van der Waals surface area contributed by atoms with E-state index in [4.69, 9.17) is 4.42 Å². The van der Waals surface area contributed by atoms with Gasteiger partial charge in [-0.3, -0.25) is 0 Å². The summed E-state index contributed by atoms with van der Waals surface area (Å²) < 4.78 is 9.25. The molecule has 13 rings (SSSR count). The lowest BCUT2D eigenvalue weighted by molar-refractivity contribution is 0.595. The molecule has 8 aromatic rings. The van der Waals surface area contributed by atoms with Crippen LogP contribution in [0.1, 0.15) is 84.6 Å². The summed E-state index contributed by atoms with van der Waals surface area (Å²) in [5.74, 6) is 0.839. The molecule has 0 bridgehead atoms. The highest BCUT2D eigenvalue weighted by molar-refractivity contribution is 6.13. The second kappa shape index (κ2) is 14.7. The quantitative estimate of drug-likeness (QED) is 0.159. The average Bonchev–Trinajstić information content (AvgIpc) is 4.02. The Hall–Kier alpha value is -7.62. The Morgan fingerprint density at radius 3 is 2.22 bits per heavy atom. The lowest BCUT2D eigenvalue weighted by atomic mass is 9.63. The van der Waals surface area contributed by atoms with E-state index < -0.39 is 5.41 Å². The van der Waals surface area contributed by atoms with E-state index in [0.29, 0.717) is 0 Å². The number of para-hydroxylation sites is 4. The number of fused-ring (bicyclic) bond motifs is 12. The van der Waals surface area contributed by atoms with Crippen molar-refractivity contribution in [3.8, 4) is 5.69 Å². The van der Waals surface area contributed by atoms with Gasteiger partial charge in [0.15, 0.2) is 5.76 Å². The fourth-order valence-corrected chi connectivity index (χ4v) is 12.1. The summed E-state index contributed by atoms with van der Waals surface area (Å²) >= 11 is 0. The lowest BCUT2D eigenvalue weighted by Gasteiger charge is -2.41. The van der Waals surface area contributed by atoms with E-state index in [0.717, 1.165) is 72.2 Å². The molecule has 1 unspecified atom stereocenters. The third-order valence-corrected chi connectivity index (χ3v) is 14.9. The Balaban J connectivity index is 0.956. The molecule has 1 aliphatic heterocycles. The number of anilines is 1. The second-order valence-electron chi connectivity index (χ2n) is 18.0. The molecule has 5 aliphatic rings. The van der Waals surface area contributed by atoms with Crippen molar-refractivity contribution in [1.82, 2.24) is 4.57 Å². The fraction of sp³-hybridized carbons (Fsp3) is 0.129. The van der Waals surface area contributed by atoms with Crippen molar-refractivity contribution in [2.45, 2.75) is 50.9 Å². The van der Waals surface area contributed by atoms with Crippen molar-refractivity contribution >= 4 is 61.4 Å². The Morgan fingerprint density at radius 1 is 0.662 bits per heavy atom. The predicted molar refractivity (Wildman–Crippen MR) is 272 cm³/mol. The molecule has 3 heteroatoms. The molecule has 0 radical (unpaired) electrons. The molecule has 1 atom stereocenters. The summed E-state index contributed by atoms with van der Waals surface area (Å²) in [6.45, 7) is 6.38. The van der Waals surface area contributed by atoms with E-state index in [1.165, 1.54) is 88.9 Å². The molecule has 65 heavy (non-hydrogen) atoms. The Morgan fingerprint density at radius 2 is 1.40 bits per heavy atom. The minimum Gasteiger partial charge on any atom is -0.454 e. The number of rotatable bonds is 7. The zero-order valence-electron chi connectivity index (χ0n) is 36.7. The minimum absolute atomic E-state index is 0.450. The number of allylic oxidation sites excluding steroid dienone is 13. The normalized spacial score (nSPS) is 18.6. The molecular formula is C62H48N2O. The van der Waals surface area contributed by atoms with Crippen LogP contribution in [-0.2, 0) is 5.41 Å². The average molecular weight is 837 g/mol. The monoisotopic (exact) mass is 836 g/mol. The van der Waals surface area contributed by atoms with Crippen LogP contribution in [0.15, 0.2) is 215 Å². The van der Waals surface area contributed by atoms with Crippen LogP contribution in [0, 0.1) is 0 Å². The van der Waals surface area contributed by atoms with Crippen molar-refractivity contribution in [3.63, 3.8) is 0 Å². The fourth-order valence-electron chi connectivity index (χ4n) is 12.1. The highest BCUT2D eigenvalue weighted by Crippen LogP contribution is 2.62. The molecule has 1 spiro atoms. The van der Waals surface area contributed by atoms with Crippen LogP contribution in [0.25, 0.3) is 61.4 Å². The van der Waals surface area contributed by atoms with Gasteiger partial charge in [0.2, 0.25) is 0 Å². The first-order chi connectivity index (χ1) is 32.2. The summed E-state index contributed by atoms with van der Waals surface area (Å²) in [5.41, 5.74) is 22.6. The van der Waals surface area contributed by atoms with Gasteiger partial charge < -0.3 is 13.9 Å². The molecule has 3 nitrogen and oxygen atoms in total. The van der Waals surface area contributed by atoms with Gasteiger partial charge in [-0.2, -0.15) is 0 Å². The molecule has 0 fully saturated rings. The molecule has 4 aliphatic carbocycles. The number of furan rings is 1. The van der Waals surface area contributed by atoms with Crippen LogP contribution in [0.5, 0.6) is 0 Å². The highest BCUT2D eigenvalue weighted by atomic mass is 16.3. The van der Waals surface area contributed by atoms with Gasteiger partial charge in [-0.05, 0) is 138 Å². The molecular weight excluding hydrogens is 789 g/mol. The number of hydrogen-bond acceptors (Lipinski definition) is 2. The van der Waals surface area contributed by atoms with E-state index in [1.54, 1.807) is 0 Å². The standard InChI is InChI=1S/C62H48N2O/c1-3-46-50-21-10-15-28-59(50)65-61(46)56(4-2)63(44-34-29-41(30-35-44)40-17-6-5-7-18-40)45-36-31-42(32-37-45)43-33-38-48-47-19-8-11-23-52(47)62(55(48)39-43)53-24-12-14-27-58(53)64-57-26-13-9-20-49(57)51-22-16-25-54(62)60(51)64/h3-6,8-17,19-29,31-32,34,36-37,39H,1,7,18,30,33,35,38H2,2H3/b56-4+. The summed E-state index contributed by atoms with van der Waals surface area (Å²) in [5, 5.41) is 3.68. The van der Waals surface area contributed by atoms with E-state index in [1.807, 2.05) is 12.1 Å². The topological polar surface area (TPSA) is 21.3 Å². The summed E-state index contributed by atoms with van der Waals surface area (Å²) in [7, 11) is 0. The van der Waals surface area contributed by atoms with Gasteiger partial charge in [0.25, 0.3) is 0 Å². The van der Waals surface area contributed by atoms with Gasteiger partial charge >= 0.3 is 0 Å². The second-order valence-corrected chi connectivity index (χ2v) is 18.0.